The van der Waals surface area contributed by atoms with E-state index < -0.39 is 0 Å². The zero-order chi connectivity index (χ0) is 12.8. The van der Waals surface area contributed by atoms with Crippen LogP contribution in [0, 0.1) is 11.8 Å². The summed E-state index contributed by atoms with van der Waals surface area (Å²) in [6.45, 7) is 13.7. The SMILES string of the molecule is CCCC(C)CCC.CCCCCC(C)C. The van der Waals surface area contributed by atoms with E-state index in [1.165, 1.54) is 51.4 Å². The molecule has 0 aliphatic carbocycles. The molecule has 0 rings (SSSR count). The number of hydrogen-bond donors (Lipinski definition) is 0. The van der Waals surface area contributed by atoms with Crippen LogP contribution < -0.4 is 0 Å². The van der Waals surface area contributed by atoms with Crippen molar-refractivity contribution < 1.29 is 0 Å². The van der Waals surface area contributed by atoms with Gasteiger partial charge in [0.2, 0.25) is 0 Å². The van der Waals surface area contributed by atoms with Gasteiger partial charge >= 0.3 is 0 Å². The van der Waals surface area contributed by atoms with Crippen LogP contribution in [-0.4, -0.2) is 0 Å². The molecule has 0 N–H and O–H groups in total. The van der Waals surface area contributed by atoms with E-state index in [2.05, 4.69) is 41.5 Å². The van der Waals surface area contributed by atoms with Gasteiger partial charge in [-0.3, -0.25) is 0 Å². The average molecular weight is 228 g/mol. The highest BCUT2D eigenvalue weighted by atomic mass is 14.0. The fraction of sp³-hybridized carbons (Fsp3) is 1.00. The topological polar surface area (TPSA) is 0 Å². The van der Waals surface area contributed by atoms with E-state index in [-0.39, 0.29) is 0 Å². The minimum absolute atomic E-state index is 0.904. The Morgan fingerprint density at radius 2 is 1.12 bits per heavy atom. The van der Waals surface area contributed by atoms with Crippen molar-refractivity contribution in [1.29, 1.82) is 0 Å². The van der Waals surface area contributed by atoms with Crippen LogP contribution in [0.2, 0.25) is 0 Å². The quantitative estimate of drug-likeness (QED) is 0.419. The molecule has 0 aromatic rings. The third kappa shape index (κ3) is 19.6. The van der Waals surface area contributed by atoms with Crippen LogP contribution in [0.25, 0.3) is 0 Å². The van der Waals surface area contributed by atoms with Crippen molar-refractivity contribution in [3.63, 3.8) is 0 Å². The van der Waals surface area contributed by atoms with Crippen molar-refractivity contribution in [2.45, 2.75) is 92.9 Å². The molecule has 0 aliphatic heterocycles. The Kier molecular flexibility index (Phi) is 17.2. The summed E-state index contributed by atoms with van der Waals surface area (Å²) in [5, 5.41) is 0. The summed E-state index contributed by atoms with van der Waals surface area (Å²) in [6.07, 6.45) is 11.1. The Bertz CT molecular complexity index is 98.6. The van der Waals surface area contributed by atoms with E-state index in [0.29, 0.717) is 0 Å². The standard InChI is InChI=1S/2C8H18/c1-4-5-6-7-8(2)3;1-4-6-8(3)7-5-2/h2*8H,4-7H2,1-3H3. The molecule has 0 radical (unpaired) electrons. The average Bonchev–Trinajstić information content (AvgIpc) is 2.19. The Hall–Kier alpha value is 0. The number of hydrogen-bond acceptors (Lipinski definition) is 0. The van der Waals surface area contributed by atoms with Gasteiger partial charge in [-0.25, -0.2) is 0 Å². The normalized spacial score (nSPS) is 10.5. The highest BCUT2D eigenvalue weighted by Gasteiger charge is 1.95. The van der Waals surface area contributed by atoms with Gasteiger partial charge in [-0.2, -0.15) is 0 Å². The Balaban J connectivity index is 0. The number of unbranched alkanes of at least 4 members (excludes halogenated alkanes) is 2. The van der Waals surface area contributed by atoms with Gasteiger partial charge in [-0.1, -0.05) is 92.9 Å². The van der Waals surface area contributed by atoms with Crippen molar-refractivity contribution in [1.82, 2.24) is 0 Å². The minimum atomic E-state index is 0.904. The summed E-state index contributed by atoms with van der Waals surface area (Å²) >= 11 is 0. The number of rotatable bonds is 8. The maximum Gasteiger partial charge on any atom is -0.0443 e. The largest absolute Gasteiger partial charge is 0.0654 e. The maximum absolute atomic E-state index is 2.34. The third-order valence-corrected chi connectivity index (χ3v) is 2.95. The van der Waals surface area contributed by atoms with Crippen molar-refractivity contribution >= 4 is 0 Å². The van der Waals surface area contributed by atoms with Gasteiger partial charge in [0.25, 0.3) is 0 Å². The predicted molar refractivity (Wildman–Crippen MR) is 78.0 cm³/mol. The first-order chi connectivity index (χ1) is 7.58. The van der Waals surface area contributed by atoms with Gasteiger partial charge in [0.15, 0.2) is 0 Å². The summed E-state index contributed by atoms with van der Waals surface area (Å²) in [7, 11) is 0. The van der Waals surface area contributed by atoms with Crippen LogP contribution in [-0.2, 0) is 0 Å². The second-order valence-corrected chi connectivity index (χ2v) is 5.57. The van der Waals surface area contributed by atoms with Crippen LogP contribution in [0.15, 0.2) is 0 Å². The van der Waals surface area contributed by atoms with Gasteiger partial charge in [0.1, 0.15) is 0 Å². The molecule has 0 heterocycles. The Morgan fingerprint density at radius 1 is 0.625 bits per heavy atom. The van der Waals surface area contributed by atoms with Crippen molar-refractivity contribution in [3.8, 4) is 0 Å². The van der Waals surface area contributed by atoms with Crippen molar-refractivity contribution in [3.05, 3.63) is 0 Å². The summed E-state index contributed by atoms with van der Waals surface area (Å²) in [6, 6.07) is 0. The van der Waals surface area contributed by atoms with Crippen LogP contribution in [0.3, 0.4) is 0 Å². The van der Waals surface area contributed by atoms with E-state index in [0.717, 1.165) is 11.8 Å². The monoisotopic (exact) mass is 228 g/mol. The molecule has 100 valence electrons. The summed E-state index contributed by atoms with van der Waals surface area (Å²) < 4.78 is 0. The smallest absolute Gasteiger partial charge is 0.0443 e. The zero-order valence-electron chi connectivity index (χ0n) is 12.8. The van der Waals surface area contributed by atoms with Crippen LogP contribution in [0.1, 0.15) is 92.9 Å². The maximum atomic E-state index is 2.34. The Labute approximate surface area is 105 Å². The molecule has 0 aromatic carbocycles. The molecule has 0 aromatic heterocycles. The fourth-order valence-corrected chi connectivity index (χ4v) is 1.93. The molecule has 0 aliphatic rings. The van der Waals surface area contributed by atoms with E-state index in [1.807, 2.05) is 0 Å². The molecular weight excluding hydrogens is 192 g/mol. The molecule has 0 unspecified atom stereocenters. The molecule has 0 bridgehead atoms. The molecule has 0 saturated carbocycles. The van der Waals surface area contributed by atoms with Crippen molar-refractivity contribution in [2.24, 2.45) is 11.8 Å². The van der Waals surface area contributed by atoms with Crippen LogP contribution in [0.5, 0.6) is 0 Å². The van der Waals surface area contributed by atoms with Crippen LogP contribution >= 0.6 is 0 Å². The first-order valence-electron chi connectivity index (χ1n) is 7.58. The van der Waals surface area contributed by atoms with Gasteiger partial charge in [0.05, 0.1) is 0 Å². The van der Waals surface area contributed by atoms with E-state index in [1.54, 1.807) is 0 Å². The molecule has 0 nitrogen and oxygen atoms in total. The first kappa shape index (κ1) is 18.4. The molecular formula is C16H36. The van der Waals surface area contributed by atoms with Gasteiger partial charge < -0.3 is 0 Å². The summed E-state index contributed by atoms with van der Waals surface area (Å²) in [5.41, 5.74) is 0. The Morgan fingerprint density at radius 3 is 1.44 bits per heavy atom. The molecule has 0 saturated heterocycles. The lowest BCUT2D eigenvalue weighted by Gasteiger charge is -2.05. The molecule has 0 heteroatoms. The lowest BCUT2D eigenvalue weighted by Crippen LogP contribution is -1.91. The van der Waals surface area contributed by atoms with Gasteiger partial charge in [0, 0.05) is 0 Å². The lowest BCUT2D eigenvalue weighted by atomic mass is 10.0. The lowest BCUT2D eigenvalue weighted by molar-refractivity contribution is 0.480. The molecule has 0 atom stereocenters. The fourth-order valence-electron chi connectivity index (χ4n) is 1.93. The predicted octanol–water partition coefficient (Wildman–Crippen LogP) is 6.45. The third-order valence-electron chi connectivity index (χ3n) is 2.95. The van der Waals surface area contributed by atoms with Gasteiger partial charge in [-0.15, -0.1) is 0 Å². The molecule has 0 fully saturated rings. The van der Waals surface area contributed by atoms with E-state index in [9.17, 15) is 0 Å². The summed E-state index contributed by atoms with van der Waals surface area (Å²) in [5.74, 6) is 1.87. The summed E-state index contributed by atoms with van der Waals surface area (Å²) in [4.78, 5) is 0. The molecule has 0 amide bonds. The van der Waals surface area contributed by atoms with E-state index in [4.69, 9.17) is 0 Å². The van der Waals surface area contributed by atoms with Crippen LogP contribution in [0.4, 0.5) is 0 Å². The second-order valence-electron chi connectivity index (χ2n) is 5.57. The van der Waals surface area contributed by atoms with Crippen molar-refractivity contribution in [2.75, 3.05) is 0 Å². The highest BCUT2D eigenvalue weighted by Crippen LogP contribution is 2.10. The van der Waals surface area contributed by atoms with Gasteiger partial charge in [-0.05, 0) is 11.8 Å². The zero-order valence-corrected chi connectivity index (χ0v) is 12.8. The second kappa shape index (κ2) is 15.0. The molecule has 16 heavy (non-hydrogen) atoms. The van der Waals surface area contributed by atoms with E-state index >= 15 is 0 Å². The molecule has 0 spiro atoms. The highest BCUT2D eigenvalue weighted by molar-refractivity contribution is 4.49. The first-order valence-corrected chi connectivity index (χ1v) is 7.58. The minimum Gasteiger partial charge on any atom is -0.0654 e.